The van der Waals surface area contributed by atoms with Gasteiger partial charge in [0.25, 0.3) is 0 Å². The molecule has 0 aliphatic rings. The van der Waals surface area contributed by atoms with Crippen LogP contribution in [0.1, 0.15) is 16.8 Å². The van der Waals surface area contributed by atoms with Gasteiger partial charge in [-0.3, -0.25) is 0 Å². The zero-order valence-corrected chi connectivity index (χ0v) is 13.3. The molecule has 0 spiro atoms. The first-order valence-electron chi connectivity index (χ1n) is 6.24. The van der Waals surface area contributed by atoms with E-state index < -0.39 is 0 Å². The number of rotatable bonds is 5. The fourth-order valence-electron chi connectivity index (χ4n) is 2.13. The standard InChI is InChI=1S/C14H17BrFN3O/c1-9-12(14(20-3)19(2)18-9)8-17-7-10-4-5-11(16)6-13(10)15/h4-6,17H,7-8H2,1-3H3. The molecule has 0 bridgehead atoms. The Labute approximate surface area is 126 Å². The first-order chi connectivity index (χ1) is 9.52. The molecule has 0 amide bonds. The molecule has 0 atom stereocenters. The molecule has 2 aromatic rings. The summed E-state index contributed by atoms with van der Waals surface area (Å²) in [6, 6.07) is 4.68. The van der Waals surface area contributed by atoms with Crippen LogP contribution in [0, 0.1) is 12.7 Å². The van der Waals surface area contributed by atoms with Crippen molar-refractivity contribution in [3.63, 3.8) is 0 Å². The van der Waals surface area contributed by atoms with Gasteiger partial charge in [-0.25, -0.2) is 9.07 Å². The van der Waals surface area contributed by atoms with Crippen molar-refractivity contribution < 1.29 is 9.13 Å². The van der Waals surface area contributed by atoms with E-state index in [1.54, 1.807) is 17.9 Å². The van der Waals surface area contributed by atoms with Crippen molar-refractivity contribution in [3.8, 4) is 5.88 Å². The lowest BCUT2D eigenvalue weighted by Gasteiger charge is -2.08. The van der Waals surface area contributed by atoms with Gasteiger partial charge in [0.1, 0.15) is 5.82 Å². The molecule has 0 fully saturated rings. The minimum absolute atomic E-state index is 0.245. The highest BCUT2D eigenvalue weighted by Gasteiger charge is 2.13. The number of halogens is 2. The van der Waals surface area contributed by atoms with Crippen LogP contribution in [0.3, 0.4) is 0 Å². The predicted octanol–water partition coefficient (Wildman–Crippen LogP) is 2.93. The molecule has 20 heavy (non-hydrogen) atoms. The van der Waals surface area contributed by atoms with Gasteiger partial charge in [0.15, 0.2) is 0 Å². The highest BCUT2D eigenvalue weighted by molar-refractivity contribution is 9.10. The maximum absolute atomic E-state index is 13.0. The molecule has 1 aromatic heterocycles. The molecule has 4 nitrogen and oxygen atoms in total. The van der Waals surface area contributed by atoms with E-state index in [0.717, 1.165) is 27.2 Å². The van der Waals surface area contributed by atoms with Crippen LogP contribution in [0.2, 0.25) is 0 Å². The molecule has 0 unspecified atom stereocenters. The van der Waals surface area contributed by atoms with Gasteiger partial charge in [-0.1, -0.05) is 22.0 Å². The second-order valence-corrected chi connectivity index (χ2v) is 5.39. The molecular weight excluding hydrogens is 325 g/mol. The maximum Gasteiger partial charge on any atom is 0.216 e. The molecule has 0 aliphatic carbocycles. The van der Waals surface area contributed by atoms with Crippen LogP contribution in [0.4, 0.5) is 4.39 Å². The summed E-state index contributed by atoms with van der Waals surface area (Å²) in [7, 11) is 3.49. The third-order valence-electron chi connectivity index (χ3n) is 3.11. The van der Waals surface area contributed by atoms with E-state index in [9.17, 15) is 4.39 Å². The molecule has 2 rings (SSSR count). The monoisotopic (exact) mass is 341 g/mol. The highest BCUT2D eigenvalue weighted by Crippen LogP contribution is 2.21. The number of hydrogen-bond acceptors (Lipinski definition) is 3. The third kappa shape index (κ3) is 3.19. The van der Waals surface area contributed by atoms with Crippen molar-refractivity contribution in [3.05, 3.63) is 45.3 Å². The Morgan fingerprint density at radius 2 is 2.15 bits per heavy atom. The molecule has 1 heterocycles. The Kier molecular flexibility index (Phi) is 4.77. The van der Waals surface area contributed by atoms with E-state index in [2.05, 4.69) is 26.3 Å². The smallest absolute Gasteiger partial charge is 0.216 e. The zero-order chi connectivity index (χ0) is 14.7. The second-order valence-electron chi connectivity index (χ2n) is 4.54. The lowest BCUT2D eigenvalue weighted by atomic mass is 10.2. The number of aryl methyl sites for hydroxylation is 2. The number of methoxy groups -OCH3 is 1. The topological polar surface area (TPSA) is 39.1 Å². The van der Waals surface area contributed by atoms with E-state index in [1.165, 1.54) is 12.1 Å². The quantitative estimate of drug-likeness (QED) is 0.908. The van der Waals surface area contributed by atoms with Crippen LogP contribution in [0.5, 0.6) is 5.88 Å². The van der Waals surface area contributed by atoms with Crippen LogP contribution >= 0.6 is 15.9 Å². The summed E-state index contributed by atoms with van der Waals surface area (Å²) in [6.07, 6.45) is 0. The summed E-state index contributed by atoms with van der Waals surface area (Å²) in [5.74, 6) is 0.513. The van der Waals surface area contributed by atoms with Gasteiger partial charge in [-0.2, -0.15) is 5.10 Å². The molecule has 0 aliphatic heterocycles. The van der Waals surface area contributed by atoms with Gasteiger partial charge in [0, 0.05) is 24.6 Å². The van der Waals surface area contributed by atoms with E-state index >= 15 is 0 Å². The Morgan fingerprint density at radius 3 is 2.80 bits per heavy atom. The number of aromatic nitrogens is 2. The van der Waals surface area contributed by atoms with Crippen molar-refractivity contribution in [2.45, 2.75) is 20.0 Å². The molecule has 108 valence electrons. The van der Waals surface area contributed by atoms with Gasteiger partial charge in [-0.05, 0) is 24.6 Å². The van der Waals surface area contributed by atoms with Crippen molar-refractivity contribution in [2.75, 3.05) is 7.11 Å². The minimum Gasteiger partial charge on any atom is -0.481 e. The summed E-state index contributed by atoms with van der Waals surface area (Å²) >= 11 is 3.36. The first kappa shape index (κ1) is 15.0. The van der Waals surface area contributed by atoms with E-state index in [0.29, 0.717) is 13.1 Å². The molecular formula is C14H17BrFN3O. The van der Waals surface area contributed by atoms with Crippen LogP contribution in [-0.4, -0.2) is 16.9 Å². The number of benzene rings is 1. The maximum atomic E-state index is 13.0. The number of nitrogens with zero attached hydrogens (tertiary/aromatic N) is 2. The average molecular weight is 342 g/mol. The highest BCUT2D eigenvalue weighted by atomic mass is 79.9. The predicted molar refractivity (Wildman–Crippen MR) is 79.1 cm³/mol. The molecule has 0 radical (unpaired) electrons. The molecule has 1 aromatic carbocycles. The largest absolute Gasteiger partial charge is 0.481 e. The molecule has 6 heteroatoms. The normalized spacial score (nSPS) is 10.8. The van der Waals surface area contributed by atoms with Crippen molar-refractivity contribution in [2.24, 2.45) is 7.05 Å². The van der Waals surface area contributed by atoms with Crippen LogP contribution < -0.4 is 10.1 Å². The van der Waals surface area contributed by atoms with Crippen LogP contribution in [-0.2, 0) is 20.1 Å². The van der Waals surface area contributed by atoms with Crippen LogP contribution in [0.25, 0.3) is 0 Å². The SMILES string of the molecule is COc1c(CNCc2ccc(F)cc2Br)c(C)nn1C. The van der Waals surface area contributed by atoms with Gasteiger partial charge < -0.3 is 10.1 Å². The fraction of sp³-hybridized carbons (Fsp3) is 0.357. The van der Waals surface area contributed by atoms with Crippen LogP contribution in [0.15, 0.2) is 22.7 Å². The summed E-state index contributed by atoms with van der Waals surface area (Å²) in [6.45, 7) is 3.23. The zero-order valence-electron chi connectivity index (χ0n) is 11.7. The Balaban J connectivity index is 2.03. The minimum atomic E-state index is -0.245. The Hall–Kier alpha value is -1.40. The average Bonchev–Trinajstić information content (AvgIpc) is 2.66. The second kappa shape index (κ2) is 6.37. The molecule has 1 N–H and O–H groups in total. The fourth-order valence-corrected chi connectivity index (χ4v) is 2.62. The van der Waals surface area contributed by atoms with Gasteiger partial charge in [-0.15, -0.1) is 0 Å². The van der Waals surface area contributed by atoms with Crippen molar-refractivity contribution in [1.29, 1.82) is 0 Å². The van der Waals surface area contributed by atoms with Gasteiger partial charge in [0.2, 0.25) is 5.88 Å². The first-order valence-corrected chi connectivity index (χ1v) is 7.03. The van der Waals surface area contributed by atoms with Gasteiger partial charge in [0.05, 0.1) is 18.4 Å². The van der Waals surface area contributed by atoms with Crippen molar-refractivity contribution >= 4 is 15.9 Å². The van der Waals surface area contributed by atoms with E-state index in [4.69, 9.17) is 4.74 Å². The van der Waals surface area contributed by atoms with E-state index in [-0.39, 0.29) is 5.82 Å². The number of nitrogens with one attached hydrogen (secondary N) is 1. The summed E-state index contributed by atoms with van der Waals surface area (Å²) in [5.41, 5.74) is 2.98. The summed E-state index contributed by atoms with van der Waals surface area (Å²) in [4.78, 5) is 0. The lowest BCUT2D eigenvalue weighted by molar-refractivity contribution is 0.368. The summed E-state index contributed by atoms with van der Waals surface area (Å²) < 4.78 is 20.8. The Bertz CT molecular complexity index is 613. The summed E-state index contributed by atoms with van der Waals surface area (Å²) in [5, 5.41) is 7.65. The van der Waals surface area contributed by atoms with Crippen molar-refractivity contribution in [1.82, 2.24) is 15.1 Å². The lowest BCUT2D eigenvalue weighted by Crippen LogP contribution is -2.14. The Morgan fingerprint density at radius 1 is 1.40 bits per heavy atom. The van der Waals surface area contributed by atoms with E-state index in [1.807, 2.05) is 14.0 Å². The molecule has 0 saturated heterocycles. The molecule has 0 saturated carbocycles. The number of hydrogen-bond donors (Lipinski definition) is 1. The van der Waals surface area contributed by atoms with Gasteiger partial charge >= 0.3 is 0 Å². The number of ether oxygens (including phenoxy) is 1. The third-order valence-corrected chi connectivity index (χ3v) is 3.85.